The topological polar surface area (TPSA) is 181 Å². The Hall–Kier alpha value is -4.81. The number of ketones is 1. The molecule has 31 unspecified atom stereocenters. The first-order chi connectivity index (χ1) is 47.7. The molecule has 7 aliphatic heterocycles. The van der Waals surface area contributed by atoms with Gasteiger partial charge in [-0.2, -0.15) is 0 Å². The van der Waals surface area contributed by atoms with Crippen LogP contribution >= 0.6 is 0 Å². The SMILES string of the molecule is CC12CC3CC45CC6(CCCC6)CC4CC4=CC6C7(CCC8C=CCC9C%10CCCC%10C=CC896)OC46C5C(=O)OCC64C7C(=O)C(O)C5(C6CC(Cc7ccccc7)CCC6C#CC6CCc7coc(CC(C(O)CO)C8CCC9C(C=CN%10CNCC9%10)C8)c7C61OC(=O)C1OC152)C34. The summed E-state index contributed by atoms with van der Waals surface area (Å²) in [5.41, 5.74) is -5.27. The van der Waals surface area contributed by atoms with Crippen LogP contribution in [-0.4, -0.2) is 106 Å². The number of cyclic esters (lactones) is 1. The predicted octanol–water partition coefficient (Wildman–Crippen LogP) is 11.5. The fourth-order valence-corrected chi connectivity index (χ4v) is 33.2. The number of nitrogens with one attached hydrogen (secondary N) is 1. The molecule has 0 radical (unpaired) electrons. The summed E-state index contributed by atoms with van der Waals surface area (Å²) in [6.07, 6.45) is 38.7. The number of hydrogen-bond donors (Lipinski definition) is 4. The van der Waals surface area contributed by atoms with Gasteiger partial charge < -0.3 is 43.6 Å². The minimum atomic E-state index is -1.57. The Morgan fingerprint density at radius 3 is 2.62 bits per heavy atom. The van der Waals surface area contributed by atoms with Gasteiger partial charge in [-0.3, -0.25) is 14.9 Å². The summed E-state index contributed by atoms with van der Waals surface area (Å²) >= 11 is 0. The Morgan fingerprint density at radius 2 is 1.74 bits per heavy atom. The first kappa shape index (κ1) is 59.7. The lowest BCUT2D eigenvalue weighted by Gasteiger charge is -2.74. The number of aliphatic hydroxyl groups is 3. The van der Waals surface area contributed by atoms with Crippen LogP contribution in [-0.2, 0) is 58.2 Å². The summed E-state index contributed by atoms with van der Waals surface area (Å²) in [5.74, 6) is 7.45. The quantitative estimate of drug-likeness (QED) is 0.0891. The van der Waals surface area contributed by atoms with Crippen LogP contribution in [0.1, 0.15) is 171 Å². The van der Waals surface area contributed by atoms with E-state index in [9.17, 15) is 10.2 Å². The molecule has 9 spiro atoms. The number of hydrogen-bond acceptors (Lipinski definition) is 13. The highest BCUT2D eigenvalue weighted by atomic mass is 16.7. The molecule has 13 nitrogen and oxygen atoms in total. The van der Waals surface area contributed by atoms with E-state index in [0.29, 0.717) is 79.9 Å². The average molecular weight is 1330 g/mol. The molecule has 13 heteroatoms. The second kappa shape index (κ2) is 19.5. The molecule has 1 aromatic heterocycles. The van der Waals surface area contributed by atoms with E-state index < -0.39 is 97.9 Å². The number of benzene rings is 1. The molecule has 21 aliphatic rings. The smallest absolute Gasteiger partial charge is 0.339 e. The van der Waals surface area contributed by atoms with Crippen molar-refractivity contribution < 1.29 is 53.1 Å². The highest BCUT2D eigenvalue weighted by molar-refractivity contribution is 5.94. The number of allylic oxidation sites excluding steroid dienone is 5. The number of esters is 2. The van der Waals surface area contributed by atoms with Crippen LogP contribution < -0.4 is 5.32 Å². The van der Waals surface area contributed by atoms with Crippen molar-refractivity contribution in [1.82, 2.24) is 10.2 Å². The van der Waals surface area contributed by atoms with E-state index in [1.54, 1.807) is 0 Å². The molecule has 4 N–H and O–H groups in total. The fourth-order valence-electron chi connectivity index (χ4n) is 33.2. The standard InChI is InChI=1S/C85H100N2O11/c1-76-37-53-38-78-43-77(26-5-6-27-77)39-57(78)34-56-35-66-79-28-23-48-11-7-13-58(48)61(79)14-8-12-54(79)24-29-81(66)70-68(90)72(91)82(69(53)80(70)44-95-74(92)71(78)84(56,80)98-81)62-32-47(31-46-9-3-2-4-10-46)15-16-49(62)17-20-55-21-18-52-42-94-65(67(52)83(55,76)97-75(93)73-85(76,82)96-73)36-60(64(89)41-88)50-19-22-59-51(33-50)25-30-87-45-86-40-63(59)87/h2-4,8-10,12,23,25,28,30,35,42,47-51,53-55,57-64,66,69-73,86,88-89,91H,5-7,11,13-16,18-19,21-22,24,26-27,29,31-34,36-41,43-45H2,1H3. The molecule has 9 bridgehead atoms. The Morgan fingerprint density at radius 1 is 0.857 bits per heavy atom. The number of Topliss-reactive ketones (excluding diaryl/α,β-unsaturated/α-hetero) is 1. The van der Waals surface area contributed by atoms with Crippen molar-refractivity contribution in [3.05, 3.63) is 107 Å². The van der Waals surface area contributed by atoms with E-state index in [0.717, 1.165) is 114 Å². The minimum Gasteiger partial charge on any atom is -0.469 e. The van der Waals surface area contributed by atoms with Crippen LogP contribution in [0, 0.1) is 151 Å². The van der Waals surface area contributed by atoms with Gasteiger partial charge in [-0.05, 0) is 245 Å². The highest BCUT2D eigenvalue weighted by Crippen LogP contribution is 2.93. The van der Waals surface area contributed by atoms with Crippen molar-refractivity contribution in [2.24, 2.45) is 139 Å². The molecule has 15 fully saturated rings. The number of carbonyl (C=O) groups is 3. The van der Waals surface area contributed by atoms with E-state index in [4.69, 9.17) is 23.4 Å². The van der Waals surface area contributed by atoms with Crippen molar-refractivity contribution >= 4 is 17.7 Å². The second-order valence-corrected chi connectivity index (χ2v) is 37.9. The van der Waals surface area contributed by atoms with Crippen LogP contribution in [0.3, 0.4) is 0 Å². The van der Waals surface area contributed by atoms with Gasteiger partial charge in [-0.15, -0.1) is 0 Å². The zero-order chi connectivity index (χ0) is 65.3. The molecule has 2 aromatic rings. The zero-order valence-electron chi connectivity index (χ0n) is 57.3. The summed E-state index contributed by atoms with van der Waals surface area (Å²) in [4.78, 5) is 54.3. The molecule has 1 aromatic carbocycles. The molecule has 0 amide bonds. The summed E-state index contributed by atoms with van der Waals surface area (Å²) in [6, 6.07) is 11.3. The number of epoxide rings is 1. The first-order valence-corrected chi connectivity index (χ1v) is 39.8. The van der Waals surface area contributed by atoms with Crippen LogP contribution in [0.4, 0.5) is 0 Å². The van der Waals surface area contributed by atoms with Crippen LogP contribution in [0.25, 0.3) is 0 Å². The molecule has 14 aliphatic carbocycles. The molecule has 8 heterocycles. The number of carbonyl (C=O) groups excluding carboxylic acids is 3. The summed E-state index contributed by atoms with van der Waals surface area (Å²) in [5, 5.41) is 42.8. The number of aliphatic hydroxyl groups excluding tert-OH is 3. The summed E-state index contributed by atoms with van der Waals surface area (Å²) < 4.78 is 39.4. The van der Waals surface area contributed by atoms with Gasteiger partial charge in [0.25, 0.3) is 0 Å². The first-order valence-electron chi connectivity index (χ1n) is 39.8. The molecule has 5 saturated heterocycles. The van der Waals surface area contributed by atoms with E-state index in [1.165, 1.54) is 43.2 Å². The van der Waals surface area contributed by atoms with Crippen molar-refractivity contribution in [2.75, 3.05) is 26.4 Å². The van der Waals surface area contributed by atoms with E-state index in [2.05, 4.69) is 102 Å². The van der Waals surface area contributed by atoms with Gasteiger partial charge in [-0.25, -0.2) is 4.79 Å². The van der Waals surface area contributed by atoms with Gasteiger partial charge in [0.05, 0.1) is 54.4 Å². The Kier molecular flexibility index (Phi) is 11.9. The van der Waals surface area contributed by atoms with Crippen molar-refractivity contribution in [3.63, 3.8) is 0 Å². The zero-order valence-corrected chi connectivity index (χ0v) is 57.3. The van der Waals surface area contributed by atoms with Crippen LogP contribution in [0.5, 0.6) is 0 Å². The third kappa shape index (κ3) is 6.52. The van der Waals surface area contributed by atoms with Gasteiger partial charge in [0, 0.05) is 52.7 Å². The van der Waals surface area contributed by atoms with E-state index in [1.807, 2.05) is 6.26 Å². The van der Waals surface area contributed by atoms with Crippen molar-refractivity contribution in [3.8, 4) is 11.8 Å². The normalized spacial score (nSPS) is 54.2. The monoisotopic (exact) mass is 1320 g/mol. The van der Waals surface area contributed by atoms with Crippen molar-refractivity contribution in [1.29, 1.82) is 0 Å². The summed E-state index contributed by atoms with van der Waals surface area (Å²) in [6.45, 7) is 3.88. The second-order valence-electron chi connectivity index (χ2n) is 37.9. The van der Waals surface area contributed by atoms with Gasteiger partial charge in [0.15, 0.2) is 17.5 Å². The van der Waals surface area contributed by atoms with E-state index in [-0.39, 0.29) is 83.1 Å². The van der Waals surface area contributed by atoms with Crippen LogP contribution in [0.15, 0.2) is 89.2 Å². The maximum atomic E-state index is 18.5. The van der Waals surface area contributed by atoms with Gasteiger partial charge in [0.1, 0.15) is 29.7 Å². The number of fused-ring (bicyclic) bond motifs is 7. The number of rotatable bonds is 7. The lowest BCUT2D eigenvalue weighted by molar-refractivity contribution is -0.320. The van der Waals surface area contributed by atoms with Gasteiger partial charge in [-0.1, -0.05) is 105 Å². The minimum absolute atomic E-state index is 0.0392. The highest BCUT2D eigenvalue weighted by Gasteiger charge is 3.01. The maximum absolute atomic E-state index is 18.5. The lowest BCUT2D eigenvalue weighted by atomic mass is 9.28. The number of furan rings is 1. The molecular weight excluding hydrogens is 1220 g/mol. The van der Waals surface area contributed by atoms with Crippen LogP contribution in [0.2, 0.25) is 0 Å². The molecule has 516 valence electrons. The van der Waals surface area contributed by atoms with Crippen molar-refractivity contribution in [2.45, 2.75) is 214 Å². The maximum Gasteiger partial charge on any atom is 0.339 e. The molecule has 23 rings (SSSR count). The molecular formula is C85H100N2O11. The number of nitrogens with zero attached hydrogens (tertiary/aromatic N) is 1. The summed E-state index contributed by atoms with van der Waals surface area (Å²) in [7, 11) is 0. The molecule has 10 saturated carbocycles. The Bertz CT molecular complexity index is 4020. The van der Waals surface area contributed by atoms with Gasteiger partial charge >= 0.3 is 11.9 Å². The molecule has 31 atom stereocenters. The third-order valence-corrected chi connectivity index (χ3v) is 35.5. The third-order valence-electron chi connectivity index (χ3n) is 35.5. The lowest BCUT2D eigenvalue weighted by Crippen LogP contribution is -2.84. The van der Waals surface area contributed by atoms with E-state index >= 15 is 19.5 Å². The largest absolute Gasteiger partial charge is 0.469 e. The Balaban J connectivity index is 0.771. The van der Waals surface area contributed by atoms with Gasteiger partial charge in [0.2, 0.25) is 0 Å². The molecule has 98 heavy (non-hydrogen) atoms. The number of aryl methyl sites for hydroxylation is 1. The fraction of sp³-hybridized carbons (Fsp3) is 0.729. The predicted molar refractivity (Wildman–Crippen MR) is 360 cm³/mol. The Labute approximate surface area is 576 Å². The average Bonchev–Trinajstić information content (AvgIpc) is 1.40. The number of ether oxygens (including phenoxy) is 4.